The summed E-state index contributed by atoms with van der Waals surface area (Å²) in [5, 5.41) is 2.79. The molecule has 1 aliphatic rings. The molecule has 2 aromatic carbocycles. The number of hydrogen-bond donors (Lipinski definition) is 1. The third-order valence-corrected chi connectivity index (χ3v) is 4.83. The lowest BCUT2D eigenvalue weighted by molar-refractivity contribution is 0.314. The number of nitrogens with zero attached hydrogens (tertiary/aromatic N) is 2. The number of aromatic nitrogens is 1. The minimum atomic E-state index is 0.724. The van der Waals surface area contributed by atoms with E-state index in [-0.39, 0.29) is 0 Å². The molecule has 5 heteroatoms. The maximum atomic E-state index is 6.07. The van der Waals surface area contributed by atoms with Crippen LogP contribution in [-0.2, 0) is 6.54 Å². The highest BCUT2D eigenvalue weighted by molar-refractivity contribution is 6.30. The molecule has 1 aliphatic heterocycles. The van der Waals surface area contributed by atoms with Gasteiger partial charge >= 0.3 is 0 Å². The Balaban J connectivity index is 1.70. The van der Waals surface area contributed by atoms with Gasteiger partial charge in [0.25, 0.3) is 0 Å². The van der Waals surface area contributed by atoms with E-state index in [0.717, 1.165) is 39.7 Å². The average molecular weight is 390 g/mol. The molecule has 0 atom stereocenters. The van der Waals surface area contributed by atoms with Gasteiger partial charge in [-0.05, 0) is 65.7 Å². The maximum Gasteiger partial charge on any atom is 0.118 e. The number of halogens is 1. The number of rotatable bonds is 5. The fourth-order valence-corrected chi connectivity index (χ4v) is 3.24. The van der Waals surface area contributed by atoms with E-state index in [4.69, 9.17) is 16.3 Å². The van der Waals surface area contributed by atoms with Gasteiger partial charge in [0, 0.05) is 34.8 Å². The Kier molecular flexibility index (Phi) is 5.31. The van der Waals surface area contributed by atoms with Crippen molar-refractivity contribution >= 4 is 22.9 Å². The summed E-state index contributed by atoms with van der Waals surface area (Å²) < 4.78 is 5.30. The van der Waals surface area contributed by atoms with Crippen LogP contribution < -0.4 is 10.2 Å². The summed E-state index contributed by atoms with van der Waals surface area (Å²) in [4.78, 5) is 4.09. The smallest absolute Gasteiger partial charge is 0.118 e. The number of methoxy groups -OCH3 is 1. The zero-order chi connectivity index (χ0) is 19.3. The van der Waals surface area contributed by atoms with Gasteiger partial charge in [-0.2, -0.15) is 0 Å². The monoisotopic (exact) mass is 389 g/mol. The van der Waals surface area contributed by atoms with E-state index < -0.39 is 0 Å². The van der Waals surface area contributed by atoms with Gasteiger partial charge in [-0.3, -0.25) is 15.4 Å². The van der Waals surface area contributed by atoms with Crippen molar-refractivity contribution in [1.82, 2.24) is 15.4 Å². The predicted octanol–water partition coefficient (Wildman–Crippen LogP) is 5.15. The first kappa shape index (κ1) is 18.1. The topological polar surface area (TPSA) is 37.4 Å². The van der Waals surface area contributed by atoms with E-state index in [9.17, 15) is 0 Å². The van der Waals surface area contributed by atoms with Gasteiger partial charge in [0.05, 0.1) is 19.4 Å². The lowest BCUT2D eigenvalue weighted by atomic mass is 9.98. The normalized spacial score (nSPS) is 13.4. The standard InChI is InChI=1S/C23H20ClN3O/c1-28-21-8-4-19(5-9-21)23-22(18-2-6-20(24)7-3-18)12-15-27(26-23)16-17-10-13-25-14-11-17/h2-15,26H,16H2,1H3. The van der Waals surface area contributed by atoms with Gasteiger partial charge in [0.2, 0.25) is 0 Å². The van der Waals surface area contributed by atoms with E-state index in [0.29, 0.717) is 0 Å². The Labute approximate surface area is 169 Å². The van der Waals surface area contributed by atoms with Crippen LogP contribution in [0.1, 0.15) is 16.7 Å². The predicted molar refractivity (Wildman–Crippen MR) is 113 cm³/mol. The summed E-state index contributed by atoms with van der Waals surface area (Å²) in [5.41, 5.74) is 9.04. The number of benzene rings is 2. The molecule has 0 bridgehead atoms. The van der Waals surface area contributed by atoms with Crippen molar-refractivity contribution in [2.75, 3.05) is 7.11 Å². The molecule has 0 saturated carbocycles. The highest BCUT2D eigenvalue weighted by atomic mass is 35.5. The molecule has 140 valence electrons. The van der Waals surface area contributed by atoms with Crippen molar-refractivity contribution in [1.29, 1.82) is 0 Å². The second-order valence-electron chi connectivity index (χ2n) is 6.43. The fraction of sp³-hybridized carbons (Fsp3) is 0.0870. The molecular formula is C23H20ClN3O. The highest BCUT2D eigenvalue weighted by Crippen LogP contribution is 2.30. The van der Waals surface area contributed by atoms with Crippen molar-refractivity contribution in [2.45, 2.75) is 6.54 Å². The first-order chi connectivity index (χ1) is 13.7. The van der Waals surface area contributed by atoms with Crippen molar-refractivity contribution in [3.8, 4) is 5.75 Å². The quantitative estimate of drug-likeness (QED) is 0.655. The second-order valence-corrected chi connectivity index (χ2v) is 6.87. The lowest BCUT2D eigenvalue weighted by Gasteiger charge is -2.30. The zero-order valence-corrected chi connectivity index (χ0v) is 16.2. The molecule has 0 saturated heterocycles. The van der Waals surface area contributed by atoms with Crippen LogP contribution in [0.4, 0.5) is 0 Å². The SMILES string of the molecule is COc1ccc(C2=C(c3ccc(Cl)cc3)C=CN(Cc3ccncc3)N2)cc1. The summed E-state index contributed by atoms with van der Waals surface area (Å²) in [5.74, 6) is 0.831. The molecular weight excluding hydrogens is 370 g/mol. The van der Waals surface area contributed by atoms with E-state index in [1.54, 1.807) is 7.11 Å². The maximum absolute atomic E-state index is 6.07. The van der Waals surface area contributed by atoms with Crippen LogP contribution in [0.5, 0.6) is 5.75 Å². The molecule has 0 radical (unpaired) electrons. The Morgan fingerprint density at radius 1 is 0.929 bits per heavy atom. The largest absolute Gasteiger partial charge is 0.497 e. The summed E-state index contributed by atoms with van der Waals surface area (Å²) >= 11 is 6.07. The average Bonchev–Trinajstić information content (AvgIpc) is 2.75. The van der Waals surface area contributed by atoms with E-state index >= 15 is 0 Å². The summed E-state index contributed by atoms with van der Waals surface area (Å²) in [6.07, 6.45) is 7.79. The molecule has 3 aromatic rings. The third-order valence-electron chi connectivity index (χ3n) is 4.58. The van der Waals surface area contributed by atoms with E-state index in [1.165, 1.54) is 5.56 Å². The molecule has 0 fully saturated rings. The Bertz CT molecular complexity index is 996. The summed E-state index contributed by atoms with van der Waals surface area (Å²) in [6, 6.07) is 20.0. The van der Waals surface area contributed by atoms with Crippen LogP contribution in [0.2, 0.25) is 5.02 Å². The van der Waals surface area contributed by atoms with Crippen molar-refractivity contribution in [3.05, 3.63) is 107 Å². The third kappa shape index (κ3) is 4.02. The highest BCUT2D eigenvalue weighted by Gasteiger charge is 2.17. The molecule has 0 aliphatic carbocycles. The molecule has 2 heterocycles. The number of allylic oxidation sites excluding steroid dienone is 2. The number of nitrogens with one attached hydrogen (secondary N) is 1. The van der Waals surface area contributed by atoms with Crippen LogP contribution in [0.3, 0.4) is 0 Å². The van der Waals surface area contributed by atoms with Crippen molar-refractivity contribution in [3.63, 3.8) is 0 Å². The molecule has 0 unspecified atom stereocenters. The minimum Gasteiger partial charge on any atom is -0.497 e. The molecule has 28 heavy (non-hydrogen) atoms. The molecule has 1 N–H and O–H groups in total. The molecule has 4 rings (SSSR count). The zero-order valence-electron chi connectivity index (χ0n) is 15.5. The van der Waals surface area contributed by atoms with Gasteiger partial charge in [-0.25, -0.2) is 0 Å². The van der Waals surface area contributed by atoms with Crippen LogP contribution in [-0.4, -0.2) is 17.1 Å². The van der Waals surface area contributed by atoms with Crippen LogP contribution >= 0.6 is 11.6 Å². The minimum absolute atomic E-state index is 0.724. The summed E-state index contributed by atoms with van der Waals surface area (Å²) in [7, 11) is 1.67. The van der Waals surface area contributed by atoms with Gasteiger partial charge in [-0.15, -0.1) is 0 Å². The van der Waals surface area contributed by atoms with Gasteiger partial charge < -0.3 is 4.74 Å². The lowest BCUT2D eigenvalue weighted by Crippen LogP contribution is -2.34. The second kappa shape index (κ2) is 8.19. The molecule has 0 spiro atoms. The van der Waals surface area contributed by atoms with Crippen molar-refractivity contribution < 1.29 is 4.74 Å². The van der Waals surface area contributed by atoms with Crippen molar-refractivity contribution in [2.24, 2.45) is 0 Å². The molecule has 1 aromatic heterocycles. The molecule has 4 nitrogen and oxygen atoms in total. The van der Waals surface area contributed by atoms with Crippen LogP contribution in [0.25, 0.3) is 11.3 Å². The van der Waals surface area contributed by atoms with E-state index in [1.807, 2.05) is 60.9 Å². The first-order valence-electron chi connectivity index (χ1n) is 8.98. The number of pyridine rings is 1. The first-order valence-corrected chi connectivity index (χ1v) is 9.36. The van der Waals surface area contributed by atoms with Crippen LogP contribution in [0, 0.1) is 0 Å². The number of hydrogen-bond acceptors (Lipinski definition) is 4. The number of hydrazine groups is 1. The Morgan fingerprint density at radius 3 is 2.29 bits per heavy atom. The fourth-order valence-electron chi connectivity index (χ4n) is 3.11. The van der Waals surface area contributed by atoms with Gasteiger partial charge in [-0.1, -0.05) is 23.7 Å². The van der Waals surface area contributed by atoms with Crippen LogP contribution in [0.15, 0.2) is 85.3 Å². The van der Waals surface area contributed by atoms with E-state index in [2.05, 4.69) is 39.8 Å². The Hall–Kier alpha value is -3.24. The van der Waals surface area contributed by atoms with Gasteiger partial charge in [0.15, 0.2) is 0 Å². The summed E-state index contributed by atoms with van der Waals surface area (Å²) in [6.45, 7) is 0.729. The van der Waals surface area contributed by atoms with Gasteiger partial charge in [0.1, 0.15) is 5.75 Å². The molecule has 0 amide bonds. The Morgan fingerprint density at radius 2 is 1.61 bits per heavy atom. The number of ether oxygens (including phenoxy) is 1.